The molecule has 1 aromatic heterocycles. The Labute approximate surface area is 146 Å². The predicted molar refractivity (Wildman–Crippen MR) is 95.8 cm³/mol. The minimum Gasteiger partial charge on any atom is -0.497 e. The lowest BCUT2D eigenvalue weighted by atomic mass is 10.1. The average Bonchev–Trinajstić information content (AvgIpc) is 2.92. The first-order valence-electron chi connectivity index (χ1n) is 8.15. The topological polar surface area (TPSA) is 45.7 Å². The first-order chi connectivity index (χ1) is 11.6. The van der Waals surface area contributed by atoms with E-state index < -0.39 is 0 Å². The molecule has 128 valence electrons. The fraction of sp³-hybridized carbons (Fsp3) is 0.444. The van der Waals surface area contributed by atoms with Crippen molar-refractivity contribution in [3.8, 4) is 5.75 Å². The smallest absolute Gasteiger partial charge is 0.254 e. The van der Waals surface area contributed by atoms with Crippen LogP contribution >= 0.6 is 11.3 Å². The summed E-state index contributed by atoms with van der Waals surface area (Å²) in [6, 6.07) is 7.36. The molecule has 3 rings (SSSR count). The van der Waals surface area contributed by atoms with Gasteiger partial charge < -0.3 is 9.64 Å². The summed E-state index contributed by atoms with van der Waals surface area (Å²) in [5.74, 6) is 0.795. The van der Waals surface area contributed by atoms with Crippen molar-refractivity contribution in [1.82, 2.24) is 14.8 Å². The van der Waals surface area contributed by atoms with Gasteiger partial charge >= 0.3 is 0 Å². The maximum Gasteiger partial charge on any atom is 0.254 e. The molecule has 24 heavy (non-hydrogen) atoms. The summed E-state index contributed by atoms with van der Waals surface area (Å²) in [4.78, 5) is 22.8. The van der Waals surface area contributed by atoms with Crippen LogP contribution in [-0.4, -0.2) is 54.0 Å². The zero-order valence-corrected chi connectivity index (χ0v) is 15.2. The molecule has 5 nitrogen and oxygen atoms in total. The first-order valence-corrected chi connectivity index (χ1v) is 8.97. The van der Waals surface area contributed by atoms with E-state index >= 15 is 0 Å². The van der Waals surface area contributed by atoms with Crippen LogP contribution in [0.3, 0.4) is 0 Å². The van der Waals surface area contributed by atoms with Gasteiger partial charge in [-0.15, -0.1) is 11.3 Å². The Balaban J connectivity index is 1.57. The number of ether oxygens (including phenoxy) is 1. The van der Waals surface area contributed by atoms with Crippen LogP contribution in [0, 0.1) is 13.8 Å². The molecular formula is C18H23N3O2S. The fourth-order valence-electron chi connectivity index (χ4n) is 2.85. The summed E-state index contributed by atoms with van der Waals surface area (Å²) < 4.78 is 5.20. The standard InChI is InChI=1S/C18H23N3O2S/c1-13-14(2)24-17(19-13)12-20-7-9-21(10-8-20)18(22)15-5-4-6-16(11-15)23-3/h4-6,11H,7-10,12H2,1-3H3. The molecule has 0 bridgehead atoms. The van der Waals surface area contributed by atoms with Crippen LogP contribution in [0.1, 0.15) is 25.9 Å². The van der Waals surface area contributed by atoms with Crippen LogP contribution in [0.15, 0.2) is 24.3 Å². The van der Waals surface area contributed by atoms with Crippen molar-refractivity contribution in [2.75, 3.05) is 33.3 Å². The van der Waals surface area contributed by atoms with Gasteiger partial charge in [-0.05, 0) is 32.0 Å². The highest BCUT2D eigenvalue weighted by Gasteiger charge is 2.23. The van der Waals surface area contributed by atoms with Gasteiger partial charge in [0.25, 0.3) is 5.91 Å². The van der Waals surface area contributed by atoms with Gasteiger partial charge in [0.05, 0.1) is 19.3 Å². The zero-order valence-electron chi connectivity index (χ0n) is 14.4. The Morgan fingerprint density at radius 3 is 2.62 bits per heavy atom. The second kappa shape index (κ2) is 7.32. The van der Waals surface area contributed by atoms with Crippen molar-refractivity contribution in [2.45, 2.75) is 20.4 Å². The molecule has 1 aliphatic heterocycles. The summed E-state index contributed by atoms with van der Waals surface area (Å²) in [5.41, 5.74) is 1.82. The molecule has 0 spiro atoms. The third kappa shape index (κ3) is 3.76. The van der Waals surface area contributed by atoms with Crippen LogP contribution in [-0.2, 0) is 6.54 Å². The summed E-state index contributed by atoms with van der Waals surface area (Å²) in [5, 5.41) is 1.16. The monoisotopic (exact) mass is 345 g/mol. The van der Waals surface area contributed by atoms with Crippen LogP contribution < -0.4 is 4.74 Å². The highest BCUT2D eigenvalue weighted by atomic mass is 32.1. The second-order valence-electron chi connectivity index (χ2n) is 6.05. The van der Waals surface area contributed by atoms with E-state index in [1.165, 1.54) is 4.88 Å². The van der Waals surface area contributed by atoms with E-state index in [4.69, 9.17) is 4.74 Å². The zero-order chi connectivity index (χ0) is 17.1. The van der Waals surface area contributed by atoms with Crippen molar-refractivity contribution >= 4 is 17.2 Å². The van der Waals surface area contributed by atoms with E-state index in [2.05, 4.69) is 23.7 Å². The molecule has 0 aliphatic carbocycles. The Bertz CT molecular complexity index is 701. The lowest BCUT2D eigenvalue weighted by Gasteiger charge is -2.34. The third-order valence-electron chi connectivity index (χ3n) is 4.41. The maximum absolute atomic E-state index is 12.6. The van der Waals surface area contributed by atoms with Crippen molar-refractivity contribution in [2.24, 2.45) is 0 Å². The van der Waals surface area contributed by atoms with Crippen LogP contribution in [0.4, 0.5) is 0 Å². The van der Waals surface area contributed by atoms with E-state index in [-0.39, 0.29) is 5.91 Å². The summed E-state index contributed by atoms with van der Waals surface area (Å²) >= 11 is 1.77. The lowest BCUT2D eigenvalue weighted by Crippen LogP contribution is -2.48. The molecule has 0 saturated carbocycles. The number of aromatic nitrogens is 1. The number of hydrogen-bond donors (Lipinski definition) is 0. The molecule has 2 heterocycles. The third-order valence-corrected chi connectivity index (χ3v) is 5.47. The van der Waals surface area contributed by atoms with E-state index in [1.807, 2.05) is 23.1 Å². The van der Waals surface area contributed by atoms with Crippen molar-refractivity contribution in [3.63, 3.8) is 0 Å². The number of carbonyl (C=O) groups excluding carboxylic acids is 1. The van der Waals surface area contributed by atoms with Crippen LogP contribution in [0.5, 0.6) is 5.75 Å². The normalized spacial score (nSPS) is 15.5. The highest BCUT2D eigenvalue weighted by molar-refractivity contribution is 7.11. The number of amides is 1. The molecule has 1 aliphatic rings. The molecule has 6 heteroatoms. The van der Waals surface area contributed by atoms with Gasteiger partial charge in [0.2, 0.25) is 0 Å². The number of benzene rings is 1. The summed E-state index contributed by atoms with van der Waals surface area (Å²) in [6.07, 6.45) is 0. The van der Waals surface area contributed by atoms with E-state index in [0.717, 1.165) is 43.4 Å². The van der Waals surface area contributed by atoms with Gasteiger partial charge in [-0.2, -0.15) is 0 Å². The number of rotatable bonds is 4. The first kappa shape index (κ1) is 16.9. The molecule has 1 fully saturated rings. The minimum atomic E-state index is 0.0782. The van der Waals surface area contributed by atoms with Gasteiger partial charge in [-0.3, -0.25) is 9.69 Å². The number of thiazole rings is 1. The minimum absolute atomic E-state index is 0.0782. The van der Waals surface area contributed by atoms with E-state index in [0.29, 0.717) is 11.3 Å². The Morgan fingerprint density at radius 2 is 2.00 bits per heavy atom. The molecule has 1 aromatic carbocycles. The Kier molecular flexibility index (Phi) is 5.16. The van der Waals surface area contributed by atoms with Crippen LogP contribution in [0.25, 0.3) is 0 Å². The highest BCUT2D eigenvalue weighted by Crippen LogP contribution is 2.20. The van der Waals surface area contributed by atoms with Crippen molar-refractivity contribution < 1.29 is 9.53 Å². The van der Waals surface area contributed by atoms with Crippen molar-refractivity contribution in [3.05, 3.63) is 45.4 Å². The van der Waals surface area contributed by atoms with Gasteiger partial charge in [-0.1, -0.05) is 6.07 Å². The summed E-state index contributed by atoms with van der Waals surface area (Å²) in [6.45, 7) is 8.31. The Hall–Kier alpha value is -1.92. The van der Waals surface area contributed by atoms with Gasteiger partial charge in [-0.25, -0.2) is 4.98 Å². The molecule has 1 amide bonds. The van der Waals surface area contributed by atoms with Crippen molar-refractivity contribution in [1.29, 1.82) is 0 Å². The molecule has 0 unspecified atom stereocenters. The van der Waals surface area contributed by atoms with E-state index in [9.17, 15) is 4.79 Å². The molecule has 0 N–H and O–H groups in total. The number of hydrogen-bond acceptors (Lipinski definition) is 5. The Morgan fingerprint density at radius 1 is 1.25 bits per heavy atom. The average molecular weight is 345 g/mol. The summed E-state index contributed by atoms with van der Waals surface area (Å²) in [7, 11) is 1.62. The SMILES string of the molecule is COc1cccc(C(=O)N2CCN(Cc3nc(C)c(C)s3)CC2)c1. The number of methoxy groups -OCH3 is 1. The van der Waals surface area contributed by atoms with Gasteiger partial charge in [0.15, 0.2) is 0 Å². The molecule has 1 saturated heterocycles. The molecule has 2 aromatic rings. The number of piperazine rings is 1. The second-order valence-corrected chi connectivity index (χ2v) is 7.34. The van der Waals surface area contributed by atoms with Crippen LogP contribution in [0.2, 0.25) is 0 Å². The molecular weight excluding hydrogens is 322 g/mol. The number of nitrogens with zero attached hydrogens (tertiary/aromatic N) is 3. The lowest BCUT2D eigenvalue weighted by molar-refractivity contribution is 0.0628. The largest absolute Gasteiger partial charge is 0.497 e. The van der Waals surface area contributed by atoms with Gasteiger partial charge in [0, 0.05) is 36.6 Å². The van der Waals surface area contributed by atoms with E-state index in [1.54, 1.807) is 24.5 Å². The quantitative estimate of drug-likeness (QED) is 0.855. The number of aryl methyl sites for hydroxylation is 2. The molecule has 0 atom stereocenters. The number of carbonyl (C=O) groups is 1. The fourth-order valence-corrected chi connectivity index (χ4v) is 3.82. The predicted octanol–water partition coefficient (Wildman–Crippen LogP) is 2.73. The molecule has 0 radical (unpaired) electrons. The van der Waals surface area contributed by atoms with Gasteiger partial charge in [0.1, 0.15) is 10.8 Å². The maximum atomic E-state index is 12.6.